The van der Waals surface area contributed by atoms with Crippen LogP contribution >= 0.6 is 0 Å². The zero-order valence-corrected chi connectivity index (χ0v) is 13.6. The maximum Gasteiger partial charge on any atom is 0.414 e. The molecule has 0 saturated carbocycles. The van der Waals surface area contributed by atoms with Crippen molar-refractivity contribution < 1.29 is 22.3 Å². The number of benzene rings is 1. The van der Waals surface area contributed by atoms with E-state index in [9.17, 15) is 17.6 Å². The molecule has 1 fully saturated rings. The second kappa shape index (κ2) is 7.93. The highest BCUT2D eigenvalue weighted by molar-refractivity contribution is 7.69. The van der Waals surface area contributed by atoms with E-state index in [4.69, 9.17) is 15.9 Å². The van der Waals surface area contributed by atoms with Gasteiger partial charge in [0.1, 0.15) is 6.61 Å². The number of guanidine groups is 1. The number of nitrogens with two attached hydrogens (primary N) is 1. The van der Waals surface area contributed by atoms with E-state index in [-0.39, 0.29) is 12.2 Å². The lowest BCUT2D eigenvalue weighted by atomic mass is 10.1. The molecule has 0 radical (unpaired) electrons. The maximum atomic E-state index is 14.6. The monoisotopic (exact) mass is 359 g/mol. The van der Waals surface area contributed by atoms with Crippen molar-refractivity contribution in [2.75, 3.05) is 31.1 Å². The molecule has 1 saturated heterocycles. The lowest BCUT2D eigenvalue weighted by Crippen LogP contribution is -2.46. The van der Waals surface area contributed by atoms with Gasteiger partial charge in [0, 0.05) is 31.7 Å². The summed E-state index contributed by atoms with van der Waals surface area (Å²) in [5.41, 5.74) is 5.48. The molecule has 0 bridgehead atoms. The van der Waals surface area contributed by atoms with Gasteiger partial charge >= 0.3 is 6.09 Å². The summed E-state index contributed by atoms with van der Waals surface area (Å²) in [6, 6.07) is 4.69. The Kier molecular flexibility index (Phi) is 5.93. The van der Waals surface area contributed by atoms with Gasteiger partial charge in [0.25, 0.3) is 0 Å². The fourth-order valence-corrected chi connectivity index (χ4v) is 2.82. The number of thiol groups is 1. The SMILES string of the molecule is N=C(N)NC(=O)OCc1cccc(N2CCN([SH](=O)=O)CC2)c1F. The second-order valence-corrected chi connectivity index (χ2v) is 6.08. The van der Waals surface area contributed by atoms with Crippen LogP contribution in [-0.4, -0.2) is 51.0 Å². The maximum absolute atomic E-state index is 14.6. The summed E-state index contributed by atoms with van der Waals surface area (Å²) in [6.07, 6.45) is -0.944. The number of nitrogens with zero attached hydrogens (tertiary/aromatic N) is 2. The Morgan fingerprint density at radius 3 is 2.58 bits per heavy atom. The van der Waals surface area contributed by atoms with Crippen LogP contribution in [0.25, 0.3) is 0 Å². The van der Waals surface area contributed by atoms with Gasteiger partial charge < -0.3 is 15.4 Å². The quantitative estimate of drug-likeness (QED) is 0.329. The molecule has 1 aliphatic rings. The van der Waals surface area contributed by atoms with Crippen molar-refractivity contribution in [3.8, 4) is 0 Å². The highest BCUT2D eigenvalue weighted by atomic mass is 32.2. The second-order valence-electron chi connectivity index (χ2n) is 5.04. The molecule has 1 aliphatic heterocycles. The molecule has 1 amide bonds. The van der Waals surface area contributed by atoms with Gasteiger partial charge in [-0.1, -0.05) is 12.1 Å². The molecule has 0 spiro atoms. The Labute approximate surface area is 139 Å². The van der Waals surface area contributed by atoms with Gasteiger partial charge in [-0.2, -0.15) is 0 Å². The van der Waals surface area contributed by atoms with E-state index in [2.05, 4.69) is 0 Å². The molecule has 1 aromatic rings. The Bertz CT molecular complexity index is 696. The zero-order valence-electron chi connectivity index (χ0n) is 12.7. The number of ether oxygens (including phenoxy) is 1. The molecule has 1 heterocycles. The predicted octanol–water partition coefficient (Wildman–Crippen LogP) is -0.406. The first kappa shape index (κ1) is 17.9. The number of amides is 1. The number of rotatable bonds is 4. The minimum Gasteiger partial charge on any atom is -0.444 e. The third-order valence-corrected chi connectivity index (χ3v) is 4.34. The fourth-order valence-electron chi connectivity index (χ4n) is 2.31. The Hall–Kier alpha value is -2.40. The molecule has 1 aromatic carbocycles. The predicted molar refractivity (Wildman–Crippen MR) is 85.7 cm³/mol. The van der Waals surface area contributed by atoms with Gasteiger partial charge in [-0.05, 0) is 6.07 Å². The van der Waals surface area contributed by atoms with Crippen molar-refractivity contribution in [3.63, 3.8) is 0 Å². The average molecular weight is 359 g/mol. The van der Waals surface area contributed by atoms with E-state index in [1.54, 1.807) is 17.0 Å². The summed E-state index contributed by atoms with van der Waals surface area (Å²) < 4.78 is 42.5. The summed E-state index contributed by atoms with van der Waals surface area (Å²) >= 11 is 0. The van der Waals surface area contributed by atoms with Gasteiger partial charge in [0.2, 0.25) is 10.9 Å². The van der Waals surface area contributed by atoms with E-state index in [1.165, 1.54) is 10.4 Å². The summed E-state index contributed by atoms with van der Waals surface area (Å²) in [4.78, 5) is 13.0. The topological polar surface area (TPSA) is 129 Å². The molecule has 0 aliphatic carbocycles. The van der Waals surface area contributed by atoms with E-state index in [0.29, 0.717) is 31.9 Å². The van der Waals surface area contributed by atoms with Crippen LogP contribution in [0.2, 0.25) is 0 Å². The number of hydrogen-bond acceptors (Lipinski definition) is 6. The third kappa shape index (κ3) is 4.55. The zero-order chi connectivity index (χ0) is 17.7. The number of nitrogens with one attached hydrogen (secondary N) is 2. The van der Waals surface area contributed by atoms with Gasteiger partial charge in [-0.15, -0.1) is 0 Å². The number of carbonyl (C=O) groups is 1. The highest BCUT2D eigenvalue weighted by Crippen LogP contribution is 2.24. The summed E-state index contributed by atoms with van der Waals surface area (Å²) in [7, 11) is -2.62. The van der Waals surface area contributed by atoms with Crippen molar-refractivity contribution in [2.24, 2.45) is 5.73 Å². The van der Waals surface area contributed by atoms with Gasteiger partial charge in [0.05, 0.1) is 5.69 Å². The van der Waals surface area contributed by atoms with Crippen LogP contribution in [0.3, 0.4) is 0 Å². The number of anilines is 1. The third-order valence-electron chi connectivity index (χ3n) is 3.48. The van der Waals surface area contributed by atoms with Crippen molar-refractivity contribution in [1.29, 1.82) is 5.41 Å². The normalized spacial score (nSPS) is 15.3. The molecule has 2 rings (SSSR count). The molecular formula is C13H18FN5O4S. The van der Waals surface area contributed by atoms with Crippen molar-refractivity contribution in [2.45, 2.75) is 6.61 Å². The molecule has 0 unspecified atom stereocenters. The summed E-state index contributed by atoms with van der Waals surface area (Å²) in [5.74, 6) is -1.10. The van der Waals surface area contributed by atoms with Gasteiger partial charge in [-0.25, -0.2) is 21.9 Å². The molecule has 9 nitrogen and oxygen atoms in total. The first-order chi connectivity index (χ1) is 11.4. The van der Waals surface area contributed by atoms with Crippen LogP contribution in [0, 0.1) is 11.2 Å². The number of piperazine rings is 1. The van der Waals surface area contributed by atoms with Crippen LogP contribution in [0.4, 0.5) is 14.9 Å². The van der Waals surface area contributed by atoms with E-state index >= 15 is 0 Å². The number of carbonyl (C=O) groups excluding carboxylic acids is 1. The van der Waals surface area contributed by atoms with Crippen LogP contribution in [-0.2, 0) is 22.2 Å². The lowest BCUT2D eigenvalue weighted by molar-refractivity contribution is 0.143. The smallest absolute Gasteiger partial charge is 0.414 e. The molecular weight excluding hydrogens is 341 g/mol. The van der Waals surface area contributed by atoms with E-state index in [1.807, 2.05) is 5.32 Å². The minimum atomic E-state index is -2.62. The lowest BCUT2D eigenvalue weighted by Gasteiger charge is -2.33. The van der Waals surface area contributed by atoms with Crippen molar-refractivity contribution in [3.05, 3.63) is 29.6 Å². The molecule has 132 valence electrons. The Morgan fingerprint density at radius 2 is 2.00 bits per heavy atom. The molecule has 0 aromatic heterocycles. The number of alkyl carbamates (subject to hydrolysis) is 1. The largest absolute Gasteiger partial charge is 0.444 e. The highest BCUT2D eigenvalue weighted by Gasteiger charge is 2.22. The first-order valence-corrected chi connectivity index (χ1v) is 8.21. The Morgan fingerprint density at radius 1 is 1.33 bits per heavy atom. The molecule has 0 atom stereocenters. The molecule has 4 N–H and O–H groups in total. The average Bonchev–Trinajstić information content (AvgIpc) is 2.53. The van der Waals surface area contributed by atoms with Crippen LogP contribution < -0.4 is 16.0 Å². The minimum absolute atomic E-state index is 0.170. The summed E-state index contributed by atoms with van der Waals surface area (Å²) in [6.45, 7) is 1.01. The summed E-state index contributed by atoms with van der Waals surface area (Å²) in [5, 5.41) is 8.83. The number of hydrogen-bond donors (Lipinski definition) is 4. The standard InChI is InChI=1S/C13H18FN5O4S/c14-11-9(8-23-13(20)17-12(15)16)2-1-3-10(11)18-4-6-19(7-5-18)24(21)22/h1-3,24H,4-8H2,(H4,15,16,17,20). The van der Waals surface area contributed by atoms with Crippen LogP contribution in [0.1, 0.15) is 5.56 Å². The van der Waals surface area contributed by atoms with E-state index in [0.717, 1.165) is 0 Å². The first-order valence-electron chi connectivity index (χ1n) is 7.08. The Balaban J connectivity index is 2.03. The number of halogens is 1. The van der Waals surface area contributed by atoms with E-state index < -0.39 is 28.8 Å². The molecule has 11 heteroatoms. The molecule has 24 heavy (non-hydrogen) atoms. The van der Waals surface area contributed by atoms with Gasteiger partial charge in [-0.3, -0.25) is 10.7 Å². The van der Waals surface area contributed by atoms with Gasteiger partial charge in [0.15, 0.2) is 11.8 Å². The van der Waals surface area contributed by atoms with Crippen LogP contribution in [0.5, 0.6) is 0 Å². The van der Waals surface area contributed by atoms with Crippen molar-refractivity contribution >= 4 is 28.6 Å². The van der Waals surface area contributed by atoms with Crippen molar-refractivity contribution in [1.82, 2.24) is 9.62 Å². The fraction of sp³-hybridized carbons (Fsp3) is 0.385. The van der Waals surface area contributed by atoms with Crippen LogP contribution in [0.15, 0.2) is 18.2 Å².